The van der Waals surface area contributed by atoms with Crippen LogP contribution >= 0.6 is 0 Å². The Morgan fingerprint density at radius 3 is 2.36 bits per heavy atom. The van der Waals surface area contributed by atoms with Crippen molar-refractivity contribution in [1.82, 2.24) is 10.2 Å². The van der Waals surface area contributed by atoms with E-state index in [1.54, 1.807) is 6.08 Å². The van der Waals surface area contributed by atoms with Crippen LogP contribution in [0.25, 0.3) is 0 Å². The quantitative estimate of drug-likeness (QED) is 0.723. The van der Waals surface area contributed by atoms with Gasteiger partial charge < -0.3 is 10.2 Å². The molecule has 1 N–H and O–H groups in total. The van der Waals surface area contributed by atoms with Crippen LogP contribution in [0.5, 0.6) is 0 Å². The molecular weight excluding hydrogens is 172 g/mol. The van der Waals surface area contributed by atoms with E-state index in [1.807, 2.05) is 44.9 Å². The van der Waals surface area contributed by atoms with Crippen molar-refractivity contribution < 1.29 is 0 Å². The SMILES string of the molecule is C=CC1=C(/C=C\C)N(C)C(=C)N1.CC. The Balaban J connectivity index is 0.000000791. The molecule has 14 heavy (non-hydrogen) atoms. The smallest absolute Gasteiger partial charge is 0.103 e. The highest BCUT2D eigenvalue weighted by atomic mass is 15.3. The van der Waals surface area contributed by atoms with Gasteiger partial charge in [0.15, 0.2) is 0 Å². The fourth-order valence-electron chi connectivity index (χ4n) is 1.14. The Morgan fingerprint density at radius 1 is 1.36 bits per heavy atom. The molecule has 0 spiro atoms. The molecule has 0 aromatic heterocycles. The highest BCUT2D eigenvalue weighted by Gasteiger charge is 2.17. The Hall–Kier alpha value is -1.44. The first-order valence-electron chi connectivity index (χ1n) is 4.89. The van der Waals surface area contributed by atoms with Crippen molar-refractivity contribution in [1.29, 1.82) is 0 Å². The topological polar surface area (TPSA) is 15.3 Å². The minimum Gasteiger partial charge on any atom is -0.340 e. The molecule has 0 bridgehead atoms. The molecule has 1 aliphatic heterocycles. The second kappa shape index (κ2) is 6.08. The summed E-state index contributed by atoms with van der Waals surface area (Å²) in [6.45, 7) is 13.6. The van der Waals surface area contributed by atoms with E-state index in [2.05, 4.69) is 18.5 Å². The van der Waals surface area contributed by atoms with Crippen molar-refractivity contribution in [3.63, 3.8) is 0 Å². The van der Waals surface area contributed by atoms with Crippen LogP contribution in [0.3, 0.4) is 0 Å². The molecular formula is C12H20N2. The van der Waals surface area contributed by atoms with Gasteiger partial charge >= 0.3 is 0 Å². The molecule has 0 saturated carbocycles. The van der Waals surface area contributed by atoms with Gasteiger partial charge in [-0.25, -0.2) is 0 Å². The van der Waals surface area contributed by atoms with E-state index in [0.717, 1.165) is 17.2 Å². The van der Waals surface area contributed by atoms with Crippen LogP contribution in [-0.4, -0.2) is 11.9 Å². The Kier molecular flexibility index (Phi) is 5.46. The highest BCUT2D eigenvalue weighted by molar-refractivity contribution is 5.38. The largest absolute Gasteiger partial charge is 0.340 e. The summed E-state index contributed by atoms with van der Waals surface area (Å²) in [5.74, 6) is 0.887. The van der Waals surface area contributed by atoms with Crippen molar-refractivity contribution in [2.75, 3.05) is 7.05 Å². The predicted octanol–water partition coefficient (Wildman–Crippen LogP) is 2.99. The molecule has 0 atom stereocenters. The van der Waals surface area contributed by atoms with E-state index in [4.69, 9.17) is 0 Å². The van der Waals surface area contributed by atoms with Gasteiger partial charge in [0.2, 0.25) is 0 Å². The normalized spacial score (nSPS) is 15.4. The molecule has 0 aliphatic carbocycles. The summed E-state index contributed by atoms with van der Waals surface area (Å²) in [5.41, 5.74) is 2.12. The first kappa shape index (κ1) is 12.6. The van der Waals surface area contributed by atoms with Crippen molar-refractivity contribution in [2.45, 2.75) is 20.8 Å². The molecule has 78 valence electrons. The molecule has 0 radical (unpaired) electrons. The van der Waals surface area contributed by atoms with Crippen LogP contribution < -0.4 is 5.32 Å². The van der Waals surface area contributed by atoms with Gasteiger partial charge in [-0.1, -0.05) is 33.1 Å². The summed E-state index contributed by atoms with van der Waals surface area (Å²) in [6.07, 6.45) is 5.82. The number of rotatable bonds is 2. The van der Waals surface area contributed by atoms with Crippen molar-refractivity contribution in [3.05, 3.63) is 48.6 Å². The van der Waals surface area contributed by atoms with Gasteiger partial charge in [-0.3, -0.25) is 0 Å². The maximum absolute atomic E-state index is 3.86. The zero-order chi connectivity index (χ0) is 11.1. The van der Waals surface area contributed by atoms with Crippen molar-refractivity contribution in [2.24, 2.45) is 0 Å². The Bertz CT molecular complexity index is 272. The zero-order valence-electron chi connectivity index (χ0n) is 9.59. The van der Waals surface area contributed by atoms with Crippen LogP contribution in [0.15, 0.2) is 48.6 Å². The van der Waals surface area contributed by atoms with Crippen LogP contribution in [0, 0.1) is 0 Å². The molecule has 0 amide bonds. The number of hydrogen-bond acceptors (Lipinski definition) is 2. The lowest BCUT2D eigenvalue weighted by molar-refractivity contribution is 0.546. The van der Waals surface area contributed by atoms with Gasteiger partial charge in [0.1, 0.15) is 5.82 Å². The standard InChI is InChI=1S/C10H14N2.C2H6/c1-5-7-10-9(6-2)11-8(3)12(10)4;1-2/h5-7,11H,2-3H2,1,4H3;1-2H3/b7-5-;. The van der Waals surface area contributed by atoms with Gasteiger partial charge in [-0.05, 0) is 19.1 Å². The first-order chi connectivity index (χ1) is 6.70. The number of nitrogens with one attached hydrogen (secondary N) is 1. The molecule has 1 aliphatic rings. The Labute approximate surface area is 87.3 Å². The third-order valence-electron chi connectivity index (χ3n) is 1.85. The molecule has 2 nitrogen and oxygen atoms in total. The maximum atomic E-state index is 3.86. The summed E-state index contributed by atoms with van der Waals surface area (Å²) in [5, 5.41) is 3.13. The summed E-state index contributed by atoms with van der Waals surface area (Å²) >= 11 is 0. The summed E-state index contributed by atoms with van der Waals surface area (Å²) in [6, 6.07) is 0. The van der Waals surface area contributed by atoms with Crippen LogP contribution in [0.2, 0.25) is 0 Å². The van der Waals surface area contributed by atoms with E-state index >= 15 is 0 Å². The fourth-order valence-corrected chi connectivity index (χ4v) is 1.14. The molecule has 0 unspecified atom stereocenters. The average Bonchev–Trinajstić information content (AvgIpc) is 2.49. The minimum atomic E-state index is 0.887. The minimum absolute atomic E-state index is 0.887. The monoisotopic (exact) mass is 192 g/mol. The number of hydrogen-bond donors (Lipinski definition) is 1. The third kappa shape index (κ3) is 2.52. The van der Waals surface area contributed by atoms with Gasteiger partial charge in [0.25, 0.3) is 0 Å². The van der Waals surface area contributed by atoms with Gasteiger partial charge in [0.05, 0.1) is 11.4 Å². The second-order valence-electron chi connectivity index (χ2n) is 2.63. The molecule has 0 aromatic rings. The van der Waals surface area contributed by atoms with E-state index in [9.17, 15) is 0 Å². The number of nitrogens with zero attached hydrogens (tertiary/aromatic N) is 1. The van der Waals surface area contributed by atoms with E-state index < -0.39 is 0 Å². The zero-order valence-corrected chi connectivity index (χ0v) is 9.59. The summed E-state index contributed by atoms with van der Waals surface area (Å²) < 4.78 is 0. The molecule has 0 aromatic carbocycles. The maximum Gasteiger partial charge on any atom is 0.103 e. The van der Waals surface area contributed by atoms with Gasteiger partial charge in [0, 0.05) is 7.05 Å². The van der Waals surface area contributed by atoms with Gasteiger partial charge in [-0.15, -0.1) is 0 Å². The fraction of sp³-hybridized carbons (Fsp3) is 0.333. The molecule has 1 rings (SSSR count). The molecule has 2 heteroatoms. The van der Waals surface area contributed by atoms with Crippen molar-refractivity contribution >= 4 is 0 Å². The molecule has 0 fully saturated rings. The van der Waals surface area contributed by atoms with Gasteiger partial charge in [-0.2, -0.15) is 0 Å². The van der Waals surface area contributed by atoms with Crippen LogP contribution in [-0.2, 0) is 0 Å². The lowest BCUT2D eigenvalue weighted by atomic mass is 10.3. The van der Waals surface area contributed by atoms with Crippen LogP contribution in [0.1, 0.15) is 20.8 Å². The predicted molar refractivity (Wildman–Crippen MR) is 63.4 cm³/mol. The lowest BCUT2D eigenvalue weighted by Crippen LogP contribution is -2.14. The lowest BCUT2D eigenvalue weighted by Gasteiger charge is -2.12. The first-order valence-corrected chi connectivity index (χ1v) is 4.89. The van der Waals surface area contributed by atoms with Crippen LogP contribution in [0.4, 0.5) is 0 Å². The number of allylic oxidation sites excluding steroid dienone is 3. The van der Waals surface area contributed by atoms with E-state index in [1.165, 1.54) is 0 Å². The third-order valence-corrected chi connectivity index (χ3v) is 1.85. The highest BCUT2D eigenvalue weighted by Crippen LogP contribution is 2.20. The summed E-state index contributed by atoms with van der Waals surface area (Å²) in [7, 11) is 1.97. The Morgan fingerprint density at radius 2 is 1.93 bits per heavy atom. The van der Waals surface area contributed by atoms with Crippen molar-refractivity contribution in [3.8, 4) is 0 Å². The molecule has 0 saturated heterocycles. The van der Waals surface area contributed by atoms with E-state index in [0.29, 0.717) is 0 Å². The molecule has 1 heterocycles. The summed E-state index contributed by atoms with van der Waals surface area (Å²) in [4.78, 5) is 2.00. The average molecular weight is 192 g/mol. The second-order valence-corrected chi connectivity index (χ2v) is 2.63. The number of likely N-dealkylation sites (N-methyl/N-ethyl adjacent to an activating group) is 1. The van der Waals surface area contributed by atoms with E-state index in [-0.39, 0.29) is 0 Å².